The third-order valence-corrected chi connectivity index (χ3v) is 1.44. The summed E-state index contributed by atoms with van der Waals surface area (Å²) in [5.41, 5.74) is 0. The van der Waals surface area contributed by atoms with E-state index in [-0.39, 0.29) is 42.8 Å². The van der Waals surface area contributed by atoms with Crippen molar-refractivity contribution in [3.63, 3.8) is 0 Å². The molecule has 0 amide bonds. The molecule has 0 spiro atoms. The van der Waals surface area contributed by atoms with Gasteiger partial charge in [-0.3, -0.25) is 4.57 Å². The van der Waals surface area contributed by atoms with E-state index in [0.29, 0.717) is 0 Å². The Morgan fingerprint density at radius 3 is 1.82 bits per heavy atom. The van der Waals surface area contributed by atoms with Gasteiger partial charge in [0.05, 0.1) is 13.2 Å². The zero-order valence-corrected chi connectivity index (χ0v) is 6.71. The average Bonchev–Trinajstić information content (AvgIpc) is 1.97. The van der Waals surface area contributed by atoms with Crippen LogP contribution in [0.3, 0.4) is 0 Å². The molecule has 0 atom stereocenters. The summed E-state index contributed by atoms with van der Waals surface area (Å²) in [5.74, 6) is 0. The van der Waals surface area contributed by atoms with Crippen molar-refractivity contribution in [1.82, 2.24) is 0 Å². The molecule has 0 bridgehead atoms. The van der Waals surface area contributed by atoms with Crippen LogP contribution in [0.2, 0.25) is 0 Å². The SMILES string of the molecule is C=CCO[PH](=O)OCC=C.[NaH]. The molecule has 0 radical (unpaired) electrons. The molecule has 0 rings (SSSR count). The molecule has 0 saturated carbocycles. The van der Waals surface area contributed by atoms with E-state index >= 15 is 0 Å². The third-order valence-electron chi connectivity index (χ3n) is 0.638. The summed E-state index contributed by atoms with van der Waals surface area (Å²) in [6, 6.07) is 0. The molecule has 0 N–H and O–H groups in total. The van der Waals surface area contributed by atoms with E-state index in [4.69, 9.17) is 0 Å². The van der Waals surface area contributed by atoms with Gasteiger partial charge in [-0.15, -0.1) is 13.2 Å². The quantitative estimate of drug-likeness (QED) is 0.354. The molecule has 0 saturated heterocycles. The molecule has 0 aliphatic rings. The van der Waals surface area contributed by atoms with Gasteiger partial charge in [-0.05, 0) is 0 Å². The predicted molar refractivity (Wildman–Crippen MR) is 48.4 cm³/mol. The molecule has 0 heterocycles. The van der Waals surface area contributed by atoms with Crippen LogP contribution in [-0.2, 0) is 13.6 Å². The zero-order valence-electron chi connectivity index (χ0n) is 5.71. The van der Waals surface area contributed by atoms with Crippen LogP contribution in [0.15, 0.2) is 25.3 Å². The van der Waals surface area contributed by atoms with Crippen molar-refractivity contribution < 1.29 is 13.6 Å². The Balaban J connectivity index is 0. The van der Waals surface area contributed by atoms with Gasteiger partial charge in [-0.2, -0.15) is 0 Å². The van der Waals surface area contributed by atoms with E-state index in [1.165, 1.54) is 12.2 Å². The summed E-state index contributed by atoms with van der Waals surface area (Å²) >= 11 is 0. The van der Waals surface area contributed by atoms with Crippen LogP contribution >= 0.6 is 8.25 Å². The van der Waals surface area contributed by atoms with E-state index < -0.39 is 8.25 Å². The molecule has 0 aromatic heterocycles. The molecule has 0 aromatic rings. The van der Waals surface area contributed by atoms with Crippen LogP contribution in [0.5, 0.6) is 0 Å². The zero-order chi connectivity index (χ0) is 7.82. The van der Waals surface area contributed by atoms with E-state index in [0.717, 1.165) is 0 Å². The van der Waals surface area contributed by atoms with Gasteiger partial charge < -0.3 is 9.05 Å². The standard InChI is InChI=1S/C6H11O3P.Na.H/c1-3-5-8-10(7)9-6-4-2;;/h3-4,10H,1-2,5-6H2;;. The van der Waals surface area contributed by atoms with E-state index in [9.17, 15) is 4.57 Å². The van der Waals surface area contributed by atoms with Crippen molar-refractivity contribution in [2.45, 2.75) is 0 Å². The van der Waals surface area contributed by atoms with E-state index in [1.54, 1.807) is 0 Å². The van der Waals surface area contributed by atoms with Crippen molar-refractivity contribution in [2.24, 2.45) is 0 Å². The van der Waals surface area contributed by atoms with Crippen molar-refractivity contribution in [3.8, 4) is 0 Å². The minimum atomic E-state index is -2.31. The summed E-state index contributed by atoms with van der Waals surface area (Å²) in [6.07, 6.45) is 3.03. The van der Waals surface area contributed by atoms with Crippen LogP contribution in [-0.4, -0.2) is 42.8 Å². The van der Waals surface area contributed by atoms with Gasteiger partial charge >= 0.3 is 37.8 Å². The van der Waals surface area contributed by atoms with Crippen LogP contribution in [0.1, 0.15) is 0 Å². The normalized spacial score (nSPS) is 8.82. The van der Waals surface area contributed by atoms with Gasteiger partial charge in [0.2, 0.25) is 0 Å². The van der Waals surface area contributed by atoms with Gasteiger partial charge in [0.1, 0.15) is 0 Å². The molecule has 0 aliphatic heterocycles. The monoisotopic (exact) mass is 186 g/mol. The van der Waals surface area contributed by atoms with Crippen molar-refractivity contribution in [2.75, 3.05) is 13.2 Å². The Labute approximate surface area is 89.7 Å². The maximum atomic E-state index is 10.6. The molecule has 0 fully saturated rings. The molecule has 0 unspecified atom stereocenters. The first-order valence-electron chi connectivity index (χ1n) is 2.82. The summed E-state index contributed by atoms with van der Waals surface area (Å²) in [7, 11) is -2.31. The Morgan fingerprint density at radius 2 is 1.55 bits per heavy atom. The second-order valence-corrected chi connectivity index (χ2v) is 2.53. The topological polar surface area (TPSA) is 35.5 Å². The van der Waals surface area contributed by atoms with Gasteiger partial charge in [0, 0.05) is 0 Å². The Kier molecular flexibility index (Phi) is 13.7. The molecule has 60 valence electrons. The second-order valence-electron chi connectivity index (χ2n) is 1.45. The molecule has 0 aromatic carbocycles. The molecule has 3 nitrogen and oxygen atoms in total. The fraction of sp³-hybridized carbons (Fsp3) is 0.333. The summed E-state index contributed by atoms with van der Waals surface area (Å²) < 4.78 is 19.9. The summed E-state index contributed by atoms with van der Waals surface area (Å²) in [5, 5.41) is 0. The summed E-state index contributed by atoms with van der Waals surface area (Å²) in [4.78, 5) is 0. The third kappa shape index (κ3) is 10.6. The van der Waals surface area contributed by atoms with Gasteiger partial charge in [-0.1, -0.05) is 12.2 Å². The molecule has 11 heavy (non-hydrogen) atoms. The van der Waals surface area contributed by atoms with Crippen LogP contribution in [0, 0.1) is 0 Å². The van der Waals surface area contributed by atoms with Crippen LogP contribution in [0.4, 0.5) is 0 Å². The number of rotatable bonds is 6. The molecule has 0 aliphatic carbocycles. The fourth-order valence-corrected chi connectivity index (χ4v) is 0.887. The van der Waals surface area contributed by atoms with Crippen molar-refractivity contribution >= 4 is 37.8 Å². The predicted octanol–water partition coefficient (Wildman–Crippen LogP) is 1.13. The number of hydrogen-bond donors (Lipinski definition) is 0. The molecule has 5 heteroatoms. The van der Waals surface area contributed by atoms with E-state index in [2.05, 4.69) is 22.2 Å². The van der Waals surface area contributed by atoms with Gasteiger partial charge in [-0.25, -0.2) is 0 Å². The average molecular weight is 186 g/mol. The second kappa shape index (κ2) is 10.6. The Bertz CT molecular complexity index is 124. The molecular weight excluding hydrogens is 174 g/mol. The summed E-state index contributed by atoms with van der Waals surface area (Å²) in [6.45, 7) is 7.30. The van der Waals surface area contributed by atoms with Gasteiger partial charge in [0.25, 0.3) is 0 Å². The molecular formula is C6H12NaO3P. The first-order valence-corrected chi connectivity index (χ1v) is 4.05. The first-order chi connectivity index (χ1) is 4.81. The minimum absolute atomic E-state index is 0. The van der Waals surface area contributed by atoms with Crippen molar-refractivity contribution in [1.29, 1.82) is 0 Å². The Morgan fingerprint density at radius 1 is 1.18 bits per heavy atom. The van der Waals surface area contributed by atoms with Crippen molar-refractivity contribution in [3.05, 3.63) is 25.3 Å². The fourth-order valence-electron chi connectivity index (χ4n) is 0.296. The van der Waals surface area contributed by atoms with Gasteiger partial charge in [0.15, 0.2) is 0 Å². The van der Waals surface area contributed by atoms with E-state index in [1.807, 2.05) is 0 Å². The number of hydrogen-bond acceptors (Lipinski definition) is 3. The van der Waals surface area contributed by atoms with Crippen LogP contribution < -0.4 is 0 Å². The van der Waals surface area contributed by atoms with Crippen LogP contribution in [0.25, 0.3) is 0 Å². The maximum absolute atomic E-state index is 10.6. The Hall–Kier alpha value is 0.630. The first kappa shape index (κ1) is 14.2.